The number of ether oxygens (including phenoxy) is 3. The summed E-state index contributed by atoms with van der Waals surface area (Å²) in [5.41, 5.74) is 4.70. The zero-order valence-corrected chi connectivity index (χ0v) is 25.4. The standard InChI is InChI=1S/C31H42N4O7/c1-30(2,3)14-12-20(36)8-11-24(34-29(39)42-31(4,5)6)28(38)35-18-22(17-25(35)26(32)37)41-27-23-10-9-21(40-7)16-19(23)13-15-33-27/h9-10,12-16,22,24-25H,8,11,17-18H2,1-7H3,(H2,32,37)(H,34,39). The second-order valence-electron chi connectivity index (χ2n) is 12.5. The van der Waals surface area contributed by atoms with E-state index in [4.69, 9.17) is 19.9 Å². The Morgan fingerprint density at radius 1 is 1.14 bits per heavy atom. The van der Waals surface area contributed by atoms with Crippen LogP contribution >= 0.6 is 0 Å². The molecule has 0 saturated carbocycles. The summed E-state index contributed by atoms with van der Waals surface area (Å²) in [6.45, 7) is 11.0. The number of rotatable bonds is 10. The highest BCUT2D eigenvalue weighted by atomic mass is 16.6. The number of nitrogens with one attached hydrogen (secondary N) is 1. The minimum Gasteiger partial charge on any atom is -0.497 e. The van der Waals surface area contributed by atoms with Crippen molar-refractivity contribution in [2.45, 2.75) is 84.6 Å². The first kappa shape index (κ1) is 32.4. The van der Waals surface area contributed by atoms with E-state index < -0.39 is 41.7 Å². The molecule has 11 heteroatoms. The molecule has 1 aromatic carbocycles. The van der Waals surface area contributed by atoms with Crippen LogP contribution < -0.4 is 20.5 Å². The molecule has 1 aliphatic heterocycles. The van der Waals surface area contributed by atoms with Crippen LogP contribution in [0.3, 0.4) is 0 Å². The first-order valence-electron chi connectivity index (χ1n) is 14.0. The molecule has 2 aromatic rings. The molecule has 3 N–H and O–H groups in total. The molecule has 228 valence electrons. The number of nitrogens with zero attached hydrogens (tertiary/aromatic N) is 2. The number of carbonyl (C=O) groups excluding carboxylic acids is 4. The number of allylic oxidation sites excluding steroid dienone is 2. The number of primary amides is 1. The van der Waals surface area contributed by atoms with Gasteiger partial charge in [-0.25, -0.2) is 9.78 Å². The average Bonchev–Trinajstić information content (AvgIpc) is 3.32. The normalized spacial score (nSPS) is 18.1. The third-order valence-electron chi connectivity index (χ3n) is 6.53. The number of ketones is 1. The molecule has 3 rings (SSSR count). The summed E-state index contributed by atoms with van der Waals surface area (Å²) < 4.78 is 16.8. The van der Waals surface area contributed by atoms with Gasteiger partial charge < -0.3 is 30.2 Å². The SMILES string of the molecule is COc1ccc2c(OC3CC(C(N)=O)N(C(=O)C(CCC(=O)C=CC(C)(C)C)NC(=O)OC(C)(C)C)C3)nccc2c1. The lowest BCUT2D eigenvalue weighted by Gasteiger charge is -2.28. The van der Waals surface area contributed by atoms with Crippen molar-refractivity contribution in [2.75, 3.05) is 13.7 Å². The summed E-state index contributed by atoms with van der Waals surface area (Å²) >= 11 is 0. The molecule has 3 unspecified atom stereocenters. The number of alkyl carbamates (subject to hydrolysis) is 1. The van der Waals surface area contributed by atoms with Crippen LogP contribution in [-0.4, -0.2) is 71.0 Å². The Labute approximate surface area is 246 Å². The zero-order chi connectivity index (χ0) is 31.2. The van der Waals surface area contributed by atoms with E-state index in [0.717, 1.165) is 10.8 Å². The van der Waals surface area contributed by atoms with E-state index in [9.17, 15) is 19.2 Å². The van der Waals surface area contributed by atoms with Gasteiger partial charge in [0.25, 0.3) is 0 Å². The Morgan fingerprint density at radius 2 is 1.86 bits per heavy atom. The second kappa shape index (κ2) is 13.2. The first-order chi connectivity index (χ1) is 19.6. The summed E-state index contributed by atoms with van der Waals surface area (Å²) in [6.07, 6.45) is 3.61. The zero-order valence-electron chi connectivity index (χ0n) is 25.4. The van der Waals surface area contributed by atoms with Crippen LogP contribution in [0, 0.1) is 5.41 Å². The monoisotopic (exact) mass is 582 g/mol. The molecular weight excluding hydrogens is 540 g/mol. The van der Waals surface area contributed by atoms with Crippen molar-refractivity contribution in [1.29, 1.82) is 0 Å². The predicted molar refractivity (Wildman–Crippen MR) is 158 cm³/mol. The Balaban J connectivity index is 1.81. The minimum absolute atomic E-state index is 0.00280. The third-order valence-corrected chi connectivity index (χ3v) is 6.53. The van der Waals surface area contributed by atoms with Gasteiger partial charge in [0.05, 0.1) is 13.7 Å². The summed E-state index contributed by atoms with van der Waals surface area (Å²) in [6, 6.07) is 5.19. The number of hydrogen-bond acceptors (Lipinski definition) is 8. The van der Waals surface area contributed by atoms with Crippen LogP contribution in [0.1, 0.15) is 60.8 Å². The highest BCUT2D eigenvalue weighted by Crippen LogP contribution is 2.30. The fourth-order valence-corrected chi connectivity index (χ4v) is 4.52. The van der Waals surface area contributed by atoms with E-state index in [1.54, 1.807) is 46.2 Å². The van der Waals surface area contributed by atoms with Crippen molar-refractivity contribution in [3.63, 3.8) is 0 Å². The molecule has 0 spiro atoms. The van der Waals surface area contributed by atoms with Crippen molar-refractivity contribution < 1.29 is 33.4 Å². The van der Waals surface area contributed by atoms with Crippen molar-refractivity contribution in [2.24, 2.45) is 11.1 Å². The summed E-state index contributed by atoms with van der Waals surface area (Å²) in [4.78, 5) is 57.1. The number of pyridine rings is 1. The van der Waals surface area contributed by atoms with Gasteiger partial charge in [-0.15, -0.1) is 0 Å². The van der Waals surface area contributed by atoms with Gasteiger partial charge in [0, 0.05) is 24.4 Å². The largest absolute Gasteiger partial charge is 0.497 e. The minimum atomic E-state index is -1.13. The molecule has 1 aliphatic rings. The maximum absolute atomic E-state index is 13.8. The van der Waals surface area contributed by atoms with Gasteiger partial charge in [0.15, 0.2) is 5.78 Å². The smallest absolute Gasteiger partial charge is 0.408 e. The summed E-state index contributed by atoms with van der Waals surface area (Å²) in [5, 5.41) is 4.18. The van der Waals surface area contributed by atoms with Gasteiger partial charge >= 0.3 is 6.09 Å². The van der Waals surface area contributed by atoms with E-state index in [1.807, 2.05) is 39.0 Å². The summed E-state index contributed by atoms with van der Waals surface area (Å²) in [7, 11) is 1.58. The second-order valence-corrected chi connectivity index (χ2v) is 12.5. The topological polar surface area (TPSA) is 150 Å². The van der Waals surface area contributed by atoms with Crippen LogP contribution in [0.2, 0.25) is 0 Å². The number of fused-ring (bicyclic) bond motifs is 1. The van der Waals surface area contributed by atoms with E-state index in [1.165, 1.54) is 11.0 Å². The van der Waals surface area contributed by atoms with Gasteiger partial charge in [-0.3, -0.25) is 14.4 Å². The Hall–Kier alpha value is -4.15. The molecule has 0 bridgehead atoms. The molecule has 1 fully saturated rings. The van der Waals surface area contributed by atoms with E-state index in [2.05, 4.69) is 10.3 Å². The van der Waals surface area contributed by atoms with Gasteiger partial charge in [0.2, 0.25) is 17.7 Å². The summed E-state index contributed by atoms with van der Waals surface area (Å²) in [5.74, 6) is -0.426. The molecule has 3 atom stereocenters. The number of benzene rings is 1. The highest BCUT2D eigenvalue weighted by molar-refractivity contribution is 5.93. The van der Waals surface area contributed by atoms with E-state index in [0.29, 0.717) is 11.6 Å². The van der Waals surface area contributed by atoms with Crippen LogP contribution in [0.4, 0.5) is 4.79 Å². The lowest BCUT2D eigenvalue weighted by molar-refractivity contribution is -0.139. The molecular formula is C31H42N4O7. The van der Waals surface area contributed by atoms with Crippen LogP contribution in [0.5, 0.6) is 11.6 Å². The van der Waals surface area contributed by atoms with Crippen molar-refractivity contribution >= 4 is 34.5 Å². The quantitative estimate of drug-likeness (QED) is 0.400. The molecule has 11 nitrogen and oxygen atoms in total. The molecule has 0 aliphatic carbocycles. The fraction of sp³-hybridized carbons (Fsp3) is 0.516. The van der Waals surface area contributed by atoms with Crippen molar-refractivity contribution in [1.82, 2.24) is 15.2 Å². The average molecular weight is 583 g/mol. The van der Waals surface area contributed by atoms with E-state index >= 15 is 0 Å². The molecule has 2 heterocycles. The maximum atomic E-state index is 13.8. The third kappa shape index (κ3) is 9.19. The molecule has 1 saturated heterocycles. The Bertz CT molecular complexity index is 1340. The number of likely N-dealkylation sites (tertiary alicyclic amines) is 1. The maximum Gasteiger partial charge on any atom is 0.408 e. The Morgan fingerprint density at radius 3 is 2.48 bits per heavy atom. The number of aromatic nitrogens is 1. The van der Waals surface area contributed by atoms with Gasteiger partial charge in [0.1, 0.15) is 29.5 Å². The van der Waals surface area contributed by atoms with E-state index in [-0.39, 0.29) is 37.0 Å². The number of methoxy groups -OCH3 is 1. The lowest BCUT2D eigenvalue weighted by Crippen LogP contribution is -2.53. The Kier molecular flexibility index (Phi) is 10.2. The molecule has 1 aromatic heterocycles. The van der Waals surface area contributed by atoms with Gasteiger partial charge in [-0.2, -0.15) is 0 Å². The molecule has 42 heavy (non-hydrogen) atoms. The number of nitrogens with two attached hydrogens (primary N) is 1. The van der Waals surface area contributed by atoms with Crippen molar-refractivity contribution in [3.8, 4) is 11.6 Å². The van der Waals surface area contributed by atoms with Gasteiger partial charge in [-0.1, -0.05) is 26.8 Å². The van der Waals surface area contributed by atoms with Crippen LogP contribution in [-0.2, 0) is 19.1 Å². The van der Waals surface area contributed by atoms with Crippen LogP contribution in [0.25, 0.3) is 10.8 Å². The molecule has 0 radical (unpaired) electrons. The first-order valence-corrected chi connectivity index (χ1v) is 14.0. The molecule has 3 amide bonds. The van der Waals surface area contributed by atoms with Crippen molar-refractivity contribution in [3.05, 3.63) is 42.6 Å². The highest BCUT2D eigenvalue weighted by Gasteiger charge is 2.42. The van der Waals surface area contributed by atoms with Crippen LogP contribution in [0.15, 0.2) is 42.6 Å². The predicted octanol–water partition coefficient (Wildman–Crippen LogP) is 3.92. The fourth-order valence-electron chi connectivity index (χ4n) is 4.52. The number of amides is 3. The lowest BCUT2D eigenvalue weighted by atomic mass is 9.95. The number of carbonyl (C=O) groups is 4. The number of hydrogen-bond donors (Lipinski definition) is 2. The van der Waals surface area contributed by atoms with Gasteiger partial charge in [-0.05, 0) is 68.3 Å².